The number of phenolic OH excluding ortho intramolecular Hbond substituents is 1. The molecule has 11 heteroatoms. The maximum Gasteiger partial charge on any atom is 0.329 e. The number of nitrogens with zero attached hydrogens (tertiary/aromatic N) is 4. The number of hydrazone groups is 1. The highest BCUT2D eigenvalue weighted by molar-refractivity contribution is 9.10. The molecule has 1 aromatic carbocycles. The molecule has 0 aliphatic heterocycles. The number of hydrogen-bond donors (Lipinski definition) is 3. The highest BCUT2D eigenvalue weighted by Gasteiger charge is 2.17. The highest BCUT2D eigenvalue weighted by Crippen LogP contribution is 2.34. The topological polar surface area (TPSA) is 127 Å². The van der Waals surface area contributed by atoms with E-state index in [2.05, 4.69) is 43.3 Å². The van der Waals surface area contributed by atoms with Crippen LogP contribution in [0.25, 0.3) is 11.2 Å². The molecule has 0 spiro atoms. The molecule has 2 aromatic heterocycles. The molecule has 41 heavy (non-hydrogen) atoms. The van der Waals surface area contributed by atoms with Gasteiger partial charge in [0.2, 0.25) is 5.95 Å². The first-order chi connectivity index (χ1) is 19.9. The van der Waals surface area contributed by atoms with Crippen LogP contribution in [0, 0.1) is 0 Å². The van der Waals surface area contributed by atoms with Crippen molar-refractivity contribution in [2.45, 2.75) is 103 Å². The lowest BCUT2D eigenvalue weighted by molar-refractivity contribution is 0.372. The zero-order chi connectivity index (χ0) is 29.6. The second-order valence-electron chi connectivity index (χ2n) is 10.6. The number of ether oxygens (including phenoxy) is 1. The van der Waals surface area contributed by atoms with E-state index in [1.165, 1.54) is 82.3 Å². The number of halogens is 1. The standard InChI is InChI=1S/C30H45BrN6O4/c1-4-5-6-7-8-9-10-11-12-13-14-15-16-17-18-37-25-27(36(2)30(40)34-28(25)39)33-29(37)35-32-21-22-19-23(31)26(38)24(20-22)41-3/h19-21,38H,4-18H2,1-3H3,(H,33,35)(H,34,39,40)/b32-21-. The number of imidazole rings is 1. The Balaban J connectivity index is 1.54. The molecule has 0 bridgehead atoms. The third-order valence-corrected chi connectivity index (χ3v) is 8.00. The largest absolute Gasteiger partial charge is 0.503 e. The lowest BCUT2D eigenvalue weighted by atomic mass is 10.0. The molecule has 0 saturated heterocycles. The van der Waals surface area contributed by atoms with Gasteiger partial charge in [0.05, 0.1) is 17.8 Å². The molecular weight excluding hydrogens is 588 g/mol. The van der Waals surface area contributed by atoms with Crippen LogP contribution in [0.4, 0.5) is 5.95 Å². The summed E-state index contributed by atoms with van der Waals surface area (Å²) in [6.07, 6.45) is 19.3. The quantitative estimate of drug-likeness (QED) is 0.0755. The third kappa shape index (κ3) is 9.48. The number of rotatable bonds is 19. The van der Waals surface area contributed by atoms with E-state index >= 15 is 0 Å². The van der Waals surface area contributed by atoms with Gasteiger partial charge in [-0.25, -0.2) is 10.2 Å². The van der Waals surface area contributed by atoms with Gasteiger partial charge in [-0.05, 0) is 40.0 Å². The summed E-state index contributed by atoms with van der Waals surface area (Å²) < 4.78 is 8.79. The fraction of sp³-hybridized carbons (Fsp3) is 0.600. The summed E-state index contributed by atoms with van der Waals surface area (Å²) in [5.41, 5.74) is 3.27. The number of aryl methyl sites for hydroxylation is 2. The fourth-order valence-corrected chi connectivity index (χ4v) is 5.45. The van der Waals surface area contributed by atoms with Crippen molar-refractivity contribution in [3.63, 3.8) is 0 Å². The predicted molar refractivity (Wildman–Crippen MR) is 169 cm³/mol. The van der Waals surface area contributed by atoms with Crippen LogP contribution in [0.1, 0.15) is 102 Å². The molecule has 2 heterocycles. The number of aromatic hydroxyl groups is 1. The minimum atomic E-state index is -0.514. The van der Waals surface area contributed by atoms with Gasteiger partial charge >= 0.3 is 5.69 Å². The second kappa shape index (κ2) is 17.0. The Labute approximate surface area is 250 Å². The Hall–Kier alpha value is -3.08. The molecule has 0 aliphatic carbocycles. The third-order valence-electron chi connectivity index (χ3n) is 7.39. The summed E-state index contributed by atoms with van der Waals surface area (Å²) >= 11 is 3.31. The number of H-pyrrole nitrogens is 1. The number of nitrogens with one attached hydrogen (secondary N) is 2. The van der Waals surface area contributed by atoms with E-state index in [4.69, 9.17) is 4.74 Å². The Morgan fingerprint density at radius 1 is 1.00 bits per heavy atom. The average Bonchev–Trinajstić information content (AvgIpc) is 3.32. The zero-order valence-corrected chi connectivity index (χ0v) is 26.3. The molecule has 0 saturated carbocycles. The van der Waals surface area contributed by atoms with Crippen molar-refractivity contribution < 1.29 is 9.84 Å². The number of aromatic amines is 1. The number of phenols is 1. The molecule has 0 aliphatic rings. The lowest BCUT2D eigenvalue weighted by Crippen LogP contribution is -2.29. The van der Waals surface area contributed by atoms with Crippen LogP contribution < -0.4 is 21.4 Å². The Morgan fingerprint density at radius 2 is 1.59 bits per heavy atom. The van der Waals surface area contributed by atoms with Crippen LogP contribution >= 0.6 is 15.9 Å². The van der Waals surface area contributed by atoms with Crippen LogP contribution in [0.3, 0.4) is 0 Å². The first-order valence-corrected chi connectivity index (χ1v) is 15.7. The van der Waals surface area contributed by atoms with Crippen molar-refractivity contribution in [2.24, 2.45) is 12.1 Å². The van der Waals surface area contributed by atoms with E-state index in [1.807, 2.05) is 0 Å². The van der Waals surface area contributed by atoms with E-state index in [-0.39, 0.29) is 5.75 Å². The molecule has 0 amide bonds. The molecule has 0 unspecified atom stereocenters. The first-order valence-electron chi connectivity index (χ1n) is 14.9. The Kier molecular flexibility index (Phi) is 13.5. The van der Waals surface area contributed by atoms with Gasteiger partial charge in [0.25, 0.3) is 5.56 Å². The van der Waals surface area contributed by atoms with Crippen molar-refractivity contribution in [1.82, 2.24) is 19.1 Å². The highest BCUT2D eigenvalue weighted by atomic mass is 79.9. The Bertz CT molecular complexity index is 1390. The summed E-state index contributed by atoms with van der Waals surface area (Å²) in [4.78, 5) is 31.8. The van der Waals surface area contributed by atoms with Crippen LogP contribution in [0.2, 0.25) is 0 Å². The van der Waals surface area contributed by atoms with Crippen molar-refractivity contribution in [1.29, 1.82) is 0 Å². The molecule has 226 valence electrons. The normalized spacial score (nSPS) is 11.6. The van der Waals surface area contributed by atoms with Gasteiger partial charge in [0, 0.05) is 13.6 Å². The number of aromatic nitrogens is 4. The van der Waals surface area contributed by atoms with E-state index < -0.39 is 11.2 Å². The van der Waals surface area contributed by atoms with E-state index in [0.29, 0.717) is 39.4 Å². The molecule has 0 atom stereocenters. The molecule has 3 aromatic rings. The van der Waals surface area contributed by atoms with Gasteiger partial charge in [0.15, 0.2) is 22.7 Å². The Morgan fingerprint density at radius 3 is 2.17 bits per heavy atom. The summed E-state index contributed by atoms with van der Waals surface area (Å²) in [5.74, 6) is 0.697. The lowest BCUT2D eigenvalue weighted by Gasteiger charge is -2.09. The number of benzene rings is 1. The second-order valence-corrected chi connectivity index (χ2v) is 11.5. The van der Waals surface area contributed by atoms with Gasteiger partial charge in [-0.15, -0.1) is 0 Å². The maximum atomic E-state index is 12.7. The minimum absolute atomic E-state index is 0.00714. The van der Waals surface area contributed by atoms with Gasteiger partial charge in [-0.2, -0.15) is 10.1 Å². The number of hydrogen-bond acceptors (Lipinski definition) is 7. The molecule has 0 fully saturated rings. The number of fused-ring (bicyclic) bond motifs is 1. The van der Waals surface area contributed by atoms with Crippen molar-refractivity contribution >= 4 is 39.3 Å². The van der Waals surface area contributed by atoms with Gasteiger partial charge in [-0.1, -0.05) is 90.4 Å². The van der Waals surface area contributed by atoms with Crippen LogP contribution in [-0.4, -0.2) is 37.5 Å². The predicted octanol–water partition coefficient (Wildman–Crippen LogP) is 6.83. The van der Waals surface area contributed by atoms with Crippen LogP contribution in [-0.2, 0) is 13.6 Å². The smallest absolute Gasteiger partial charge is 0.329 e. The van der Waals surface area contributed by atoms with E-state index in [1.54, 1.807) is 30.0 Å². The van der Waals surface area contributed by atoms with Crippen LogP contribution in [0.5, 0.6) is 11.5 Å². The van der Waals surface area contributed by atoms with Crippen LogP contribution in [0.15, 0.2) is 31.3 Å². The van der Waals surface area contributed by atoms with Crippen molar-refractivity contribution in [3.8, 4) is 11.5 Å². The number of unbranched alkanes of at least 4 members (excludes halogenated alkanes) is 13. The van der Waals surface area contributed by atoms with E-state index in [0.717, 1.165) is 19.3 Å². The summed E-state index contributed by atoms with van der Waals surface area (Å²) in [6, 6.07) is 3.35. The first kappa shape index (κ1) is 32.4. The number of anilines is 1. The average molecular weight is 634 g/mol. The molecule has 3 rings (SSSR count). The summed E-state index contributed by atoms with van der Waals surface area (Å²) in [5, 5.41) is 14.3. The van der Waals surface area contributed by atoms with Crippen molar-refractivity contribution in [2.75, 3.05) is 12.5 Å². The SMILES string of the molecule is CCCCCCCCCCCCCCCCn1c(N/N=C\c2cc(Br)c(O)c(OC)c2)nc2c1c(=O)[nH]c(=O)n2C. The molecule has 3 N–H and O–H groups in total. The minimum Gasteiger partial charge on any atom is -0.503 e. The fourth-order valence-electron chi connectivity index (χ4n) is 4.99. The monoisotopic (exact) mass is 632 g/mol. The molecule has 10 nitrogen and oxygen atoms in total. The van der Waals surface area contributed by atoms with Crippen molar-refractivity contribution in [3.05, 3.63) is 43.0 Å². The van der Waals surface area contributed by atoms with E-state index in [9.17, 15) is 14.7 Å². The maximum absolute atomic E-state index is 12.7. The summed E-state index contributed by atoms with van der Waals surface area (Å²) in [7, 11) is 3.06. The molecular formula is C30H45BrN6O4. The van der Waals surface area contributed by atoms with Gasteiger partial charge in [0.1, 0.15) is 0 Å². The number of methoxy groups -OCH3 is 1. The van der Waals surface area contributed by atoms with Gasteiger partial charge in [-0.3, -0.25) is 14.3 Å². The summed E-state index contributed by atoms with van der Waals surface area (Å²) in [6.45, 7) is 2.83. The molecule has 0 radical (unpaired) electrons. The zero-order valence-electron chi connectivity index (χ0n) is 24.7. The van der Waals surface area contributed by atoms with Gasteiger partial charge < -0.3 is 14.4 Å².